The highest BCUT2D eigenvalue weighted by Crippen LogP contribution is 2.41. The minimum atomic E-state index is -3.38. The third-order valence-corrected chi connectivity index (χ3v) is 20.6. The number of unbranched alkanes of at least 4 members (excludes halogenated alkanes) is 25. The van der Waals surface area contributed by atoms with E-state index in [0.717, 1.165) is 71.6 Å². The predicted octanol–water partition coefficient (Wildman–Crippen LogP) is -1.04. The molecule has 0 aliphatic carbocycles. The molecule has 0 aromatic carbocycles. The first-order chi connectivity index (χ1) is 51.3. The van der Waals surface area contributed by atoms with E-state index in [1.165, 1.54) is 103 Å². The Balaban J connectivity index is 1.40. The van der Waals surface area contributed by atoms with Crippen LogP contribution in [0.25, 0.3) is 0 Å². The molecular weight excluding hydrogens is 1410 g/mol. The molecule has 5 heterocycles. The molecule has 0 aromatic rings. The molecule has 0 radical (unpaired) electrons. The first-order valence-electron chi connectivity index (χ1n) is 39.1. The summed E-state index contributed by atoms with van der Waals surface area (Å²) in [6.07, 6.45) is -16.8. The summed E-state index contributed by atoms with van der Waals surface area (Å²) in [7, 11) is 0. The number of amides is 3. The maximum Gasteiger partial charge on any atom is 0.364 e. The Bertz CT molecular complexity index is 2500. The number of aliphatic hydroxyl groups is 16. The SMILES string of the molecule is CCCCCCCCCCCCC/C=C/[C@@H](O)C(CO[C@@H]1O[C@H](CO)[C@@H](O[C@@H]2O[C@H](CO)[C@H](O[C@@H]3O[C@H](CO)[C@H](O)[C@H](O[C@@H]4O[C@H](CO)[C@H](O)[C@H](O)[C@H]4O)C3NC(C)=O)[C@H](O[C@]3(C(=O)O)CC(O)[C@@H](NC(C)=O)C(C(O)C(O)CO)O3)[C@H]2O)C(O)[C@H]1O)NC(=O)CCCCCCCCCCCCCCCCC. The average Bonchev–Trinajstić information content (AvgIpc) is 0.750. The van der Waals surface area contributed by atoms with E-state index in [-0.39, 0.29) is 12.3 Å². The molecule has 0 aromatic heterocycles. The lowest BCUT2D eigenvalue weighted by molar-refractivity contribution is -0.403. The van der Waals surface area contributed by atoms with Gasteiger partial charge in [-0.3, -0.25) is 14.4 Å². The summed E-state index contributed by atoms with van der Waals surface area (Å²) in [5.41, 5.74) is 0. The Morgan fingerprint density at radius 1 is 0.486 bits per heavy atom. The van der Waals surface area contributed by atoms with Gasteiger partial charge in [0.1, 0.15) is 116 Å². The number of carbonyl (C=O) groups is 4. The summed E-state index contributed by atoms with van der Waals surface area (Å²) in [5, 5.41) is 197. The lowest BCUT2D eigenvalue weighted by atomic mass is 9.88. The van der Waals surface area contributed by atoms with Crippen molar-refractivity contribution in [3.63, 3.8) is 0 Å². The number of nitrogens with one attached hydrogen (secondary N) is 3. The van der Waals surface area contributed by atoms with Gasteiger partial charge in [0.2, 0.25) is 17.7 Å². The van der Waals surface area contributed by atoms with Crippen molar-refractivity contribution >= 4 is 23.7 Å². The van der Waals surface area contributed by atoms with Crippen molar-refractivity contribution in [2.75, 3.05) is 39.6 Å². The number of rotatable bonds is 52. The maximum absolute atomic E-state index is 13.8. The number of carboxylic acid groups (broad SMARTS) is 1. The Labute approximate surface area is 627 Å². The second-order valence-corrected chi connectivity index (χ2v) is 29.3. The molecule has 34 heteroatoms. The quantitative estimate of drug-likeness (QED) is 0.0255. The molecule has 28 atom stereocenters. The fourth-order valence-electron chi connectivity index (χ4n) is 14.3. The Kier molecular flexibility index (Phi) is 44.0. The van der Waals surface area contributed by atoms with Gasteiger partial charge in [0.05, 0.1) is 63.9 Å². The van der Waals surface area contributed by atoms with Crippen molar-refractivity contribution in [2.24, 2.45) is 0 Å². The van der Waals surface area contributed by atoms with E-state index in [1.807, 2.05) is 6.08 Å². The normalized spacial score (nSPS) is 34.6. The molecule has 5 aliphatic heterocycles. The zero-order chi connectivity index (χ0) is 78.8. The number of carboxylic acids is 1. The van der Waals surface area contributed by atoms with Gasteiger partial charge >= 0.3 is 5.97 Å². The van der Waals surface area contributed by atoms with Gasteiger partial charge in [0.25, 0.3) is 5.79 Å². The van der Waals surface area contributed by atoms with Crippen LogP contribution in [0, 0.1) is 0 Å². The number of aliphatic hydroxyl groups excluding tert-OH is 16. The lowest BCUT2D eigenvalue weighted by Gasteiger charge is -2.52. The maximum atomic E-state index is 13.8. The molecule has 34 nitrogen and oxygen atoms in total. The topological polar surface area (TPSA) is 541 Å². The van der Waals surface area contributed by atoms with Crippen LogP contribution in [0.5, 0.6) is 0 Å². The summed E-state index contributed by atoms with van der Waals surface area (Å²) in [4.78, 5) is 53.0. The van der Waals surface area contributed by atoms with Gasteiger partial charge in [-0.2, -0.15) is 0 Å². The molecule has 20 N–H and O–H groups in total. The standard InChI is InChI=1S/C73H131N3O31/c1-5-7-9-11-13-15-17-19-20-22-24-26-28-30-32-34-52(87)76-44(45(84)33-31-29-27-25-23-21-18-16-14-12-10-8-6-2)41-98-69-61(94)59(92)63(50(39-80)101-69)103-71-62(95)67(107-73(72(96)97)35-46(85)53(74-42(3)82)66(106-73)55(88)47(86)36-77)64(51(40-81)102-71)104-68-54(75-43(4)83)65(57(90)49(38-79)99-68)105-70-60(93)58(91)56(89)48(37-78)100-70/h31,33,44-51,53-71,77-81,84-86,88-95H,5-30,32,34-41H2,1-4H3,(H,74,82)(H,75,83)(H,76,87)(H,96,97)/b33-31+/t44?,45-,46?,47?,48-,49-,50-,51-,53-,54?,55?,56+,57+,58+,59?,60-,61-,62-,63-,64+,65-,66?,67-,68+,69-,70+,71+,73+/m1/s1. The number of hydrogen-bond acceptors (Lipinski definition) is 30. The second kappa shape index (κ2) is 49.9. The third-order valence-electron chi connectivity index (χ3n) is 20.6. The van der Waals surface area contributed by atoms with Gasteiger partial charge in [-0.15, -0.1) is 0 Å². The zero-order valence-corrected chi connectivity index (χ0v) is 62.8. The fraction of sp³-hybridized carbons (Fsp3) is 0.918. The summed E-state index contributed by atoms with van der Waals surface area (Å²) >= 11 is 0. The minimum absolute atomic E-state index is 0.135. The van der Waals surface area contributed by atoms with Crippen molar-refractivity contribution in [1.82, 2.24) is 16.0 Å². The van der Waals surface area contributed by atoms with E-state index in [9.17, 15) is 106 Å². The monoisotopic (exact) mass is 1550 g/mol. The molecule has 0 saturated carbocycles. The first kappa shape index (κ1) is 94.2. The van der Waals surface area contributed by atoms with Gasteiger partial charge in [-0.05, 0) is 19.3 Å². The van der Waals surface area contributed by atoms with E-state index in [2.05, 4.69) is 29.8 Å². The molecule has 5 aliphatic rings. The highest BCUT2D eigenvalue weighted by Gasteiger charge is 2.62. The van der Waals surface area contributed by atoms with Crippen molar-refractivity contribution in [3.8, 4) is 0 Å². The first-order valence-corrected chi connectivity index (χ1v) is 39.1. The zero-order valence-electron chi connectivity index (χ0n) is 62.8. The van der Waals surface area contributed by atoms with Gasteiger partial charge in [0, 0.05) is 26.7 Å². The van der Waals surface area contributed by atoms with Crippen LogP contribution in [0.1, 0.15) is 214 Å². The third kappa shape index (κ3) is 29.2. The van der Waals surface area contributed by atoms with E-state index >= 15 is 0 Å². The minimum Gasteiger partial charge on any atom is -0.477 e. The summed E-state index contributed by atoms with van der Waals surface area (Å²) in [6, 6.07) is -4.81. The molecule has 0 bridgehead atoms. The van der Waals surface area contributed by atoms with E-state index in [4.69, 9.17) is 47.4 Å². The largest absolute Gasteiger partial charge is 0.477 e. The second-order valence-electron chi connectivity index (χ2n) is 29.3. The summed E-state index contributed by atoms with van der Waals surface area (Å²) in [6.45, 7) is 0.317. The van der Waals surface area contributed by atoms with Gasteiger partial charge in [0.15, 0.2) is 25.2 Å². The molecule has 5 rings (SSSR count). The van der Waals surface area contributed by atoms with Crippen LogP contribution in [0.3, 0.4) is 0 Å². The van der Waals surface area contributed by atoms with E-state index < -0.39 is 235 Å². The molecule has 5 fully saturated rings. The number of carbonyl (C=O) groups excluding carboxylic acids is 3. The Morgan fingerprint density at radius 2 is 0.925 bits per heavy atom. The van der Waals surface area contributed by atoms with Crippen molar-refractivity contribution in [3.05, 3.63) is 12.2 Å². The average molecular weight is 1550 g/mol. The molecular formula is C73H131N3O31. The van der Waals surface area contributed by atoms with Crippen LogP contribution >= 0.6 is 0 Å². The van der Waals surface area contributed by atoms with Crippen molar-refractivity contribution in [2.45, 2.75) is 385 Å². The highest BCUT2D eigenvalue weighted by molar-refractivity contribution is 5.77. The van der Waals surface area contributed by atoms with Crippen LogP contribution < -0.4 is 16.0 Å². The van der Waals surface area contributed by atoms with E-state index in [1.54, 1.807) is 6.08 Å². The molecule has 624 valence electrons. The molecule has 7 unspecified atom stereocenters. The fourth-order valence-corrected chi connectivity index (χ4v) is 14.3. The number of allylic oxidation sites excluding steroid dienone is 1. The van der Waals surface area contributed by atoms with Gasteiger partial charge in [-0.25, -0.2) is 4.79 Å². The van der Waals surface area contributed by atoms with Crippen LogP contribution in [-0.4, -0.2) is 321 Å². The van der Waals surface area contributed by atoms with Crippen molar-refractivity contribution in [1.29, 1.82) is 0 Å². The lowest BCUT2D eigenvalue weighted by Crippen LogP contribution is -2.72. The Hall–Kier alpha value is -3.42. The van der Waals surface area contributed by atoms with Crippen LogP contribution in [-0.2, 0) is 66.5 Å². The number of hydrogen-bond donors (Lipinski definition) is 20. The van der Waals surface area contributed by atoms with Crippen LogP contribution in [0.15, 0.2) is 12.2 Å². The Morgan fingerprint density at radius 3 is 1.44 bits per heavy atom. The van der Waals surface area contributed by atoms with Crippen molar-refractivity contribution < 1.29 is 153 Å². The number of aliphatic carboxylic acids is 1. The van der Waals surface area contributed by atoms with Gasteiger partial charge in [-0.1, -0.05) is 180 Å². The molecule has 3 amide bonds. The van der Waals surface area contributed by atoms with Crippen LogP contribution in [0.2, 0.25) is 0 Å². The molecule has 0 spiro atoms. The van der Waals surface area contributed by atoms with Gasteiger partial charge < -0.3 is 150 Å². The highest BCUT2D eigenvalue weighted by atomic mass is 16.8. The predicted molar refractivity (Wildman–Crippen MR) is 378 cm³/mol. The smallest absolute Gasteiger partial charge is 0.364 e. The van der Waals surface area contributed by atoms with Crippen LogP contribution in [0.4, 0.5) is 0 Å². The number of ether oxygens (including phenoxy) is 10. The summed E-state index contributed by atoms with van der Waals surface area (Å²) < 4.78 is 60.1. The molecule has 107 heavy (non-hydrogen) atoms. The van der Waals surface area contributed by atoms with E-state index in [0.29, 0.717) is 12.8 Å². The molecule has 5 saturated heterocycles. The summed E-state index contributed by atoms with van der Waals surface area (Å²) in [5.74, 6) is -7.71.